The minimum absolute atomic E-state index is 0.416. The van der Waals surface area contributed by atoms with Crippen molar-refractivity contribution in [3.05, 3.63) is 29.3 Å². The third-order valence-electron chi connectivity index (χ3n) is 3.17. The molecule has 0 radical (unpaired) electrons. The molecule has 3 nitrogen and oxygen atoms in total. The van der Waals surface area contributed by atoms with Crippen LogP contribution in [-0.2, 0) is 9.84 Å². The summed E-state index contributed by atoms with van der Waals surface area (Å²) in [7, 11) is -3.08. The van der Waals surface area contributed by atoms with Crippen molar-refractivity contribution in [2.45, 2.75) is 24.2 Å². The Kier molecular flexibility index (Phi) is 3.04. The molecular weight excluding hydrogens is 222 g/mol. The molecular formula is C12H17NO2S. The second-order valence-electron chi connectivity index (χ2n) is 4.48. The van der Waals surface area contributed by atoms with Crippen molar-refractivity contribution in [2.75, 3.05) is 19.3 Å². The number of sulfone groups is 1. The molecule has 1 fully saturated rings. The van der Waals surface area contributed by atoms with Gasteiger partial charge in [-0.1, -0.05) is 6.07 Å². The quantitative estimate of drug-likeness (QED) is 0.850. The van der Waals surface area contributed by atoms with Gasteiger partial charge in [0.15, 0.2) is 9.84 Å². The van der Waals surface area contributed by atoms with E-state index >= 15 is 0 Å². The Hall–Kier alpha value is -0.870. The summed E-state index contributed by atoms with van der Waals surface area (Å²) in [6, 6.07) is 5.46. The average molecular weight is 239 g/mol. The van der Waals surface area contributed by atoms with Crippen molar-refractivity contribution in [1.82, 2.24) is 5.32 Å². The van der Waals surface area contributed by atoms with Crippen LogP contribution in [0.4, 0.5) is 0 Å². The van der Waals surface area contributed by atoms with Gasteiger partial charge >= 0.3 is 0 Å². The van der Waals surface area contributed by atoms with E-state index in [2.05, 4.69) is 5.32 Å². The maximum Gasteiger partial charge on any atom is 0.175 e. The maximum atomic E-state index is 11.4. The number of benzene rings is 1. The summed E-state index contributed by atoms with van der Waals surface area (Å²) in [6.07, 6.45) is 2.39. The van der Waals surface area contributed by atoms with E-state index in [4.69, 9.17) is 0 Å². The molecule has 0 spiro atoms. The Morgan fingerprint density at radius 3 is 2.62 bits per heavy atom. The van der Waals surface area contributed by atoms with Gasteiger partial charge in [0, 0.05) is 12.8 Å². The third-order valence-corrected chi connectivity index (χ3v) is 4.28. The molecule has 1 aromatic rings. The second-order valence-corrected chi connectivity index (χ2v) is 6.50. The van der Waals surface area contributed by atoms with Crippen LogP contribution < -0.4 is 5.32 Å². The highest BCUT2D eigenvalue weighted by atomic mass is 32.2. The van der Waals surface area contributed by atoms with Crippen LogP contribution in [0.5, 0.6) is 0 Å². The molecule has 88 valence electrons. The Bertz CT molecular complexity index is 488. The van der Waals surface area contributed by atoms with E-state index in [0.29, 0.717) is 10.8 Å². The Labute approximate surface area is 96.8 Å². The van der Waals surface area contributed by atoms with Gasteiger partial charge in [-0.25, -0.2) is 8.42 Å². The summed E-state index contributed by atoms with van der Waals surface area (Å²) >= 11 is 0. The number of hydrogen-bond acceptors (Lipinski definition) is 3. The minimum Gasteiger partial charge on any atom is -0.316 e. The number of rotatable bonds is 2. The largest absolute Gasteiger partial charge is 0.316 e. The molecule has 0 amide bonds. The Balaban J connectivity index is 2.37. The van der Waals surface area contributed by atoms with E-state index in [1.807, 2.05) is 13.0 Å². The molecule has 1 N–H and O–H groups in total. The van der Waals surface area contributed by atoms with E-state index in [1.54, 1.807) is 12.1 Å². The molecule has 1 unspecified atom stereocenters. The van der Waals surface area contributed by atoms with Gasteiger partial charge < -0.3 is 5.32 Å². The zero-order valence-corrected chi connectivity index (χ0v) is 10.5. The summed E-state index contributed by atoms with van der Waals surface area (Å²) in [4.78, 5) is 0.416. The van der Waals surface area contributed by atoms with Crippen molar-refractivity contribution in [3.63, 3.8) is 0 Å². The van der Waals surface area contributed by atoms with Crippen LogP contribution in [0.25, 0.3) is 0 Å². The smallest absolute Gasteiger partial charge is 0.175 e. The van der Waals surface area contributed by atoms with E-state index < -0.39 is 9.84 Å². The van der Waals surface area contributed by atoms with Gasteiger partial charge in [0.1, 0.15) is 0 Å². The predicted molar refractivity (Wildman–Crippen MR) is 64.5 cm³/mol. The van der Waals surface area contributed by atoms with E-state index in [1.165, 1.54) is 11.8 Å². The van der Waals surface area contributed by atoms with Gasteiger partial charge in [-0.3, -0.25) is 0 Å². The molecule has 16 heavy (non-hydrogen) atoms. The SMILES string of the molecule is Cc1cc(S(C)(=O)=O)ccc1C1CCNC1. The minimum atomic E-state index is -3.08. The fourth-order valence-electron chi connectivity index (χ4n) is 2.26. The monoisotopic (exact) mass is 239 g/mol. The van der Waals surface area contributed by atoms with Crippen molar-refractivity contribution in [1.29, 1.82) is 0 Å². The van der Waals surface area contributed by atoms with Crippen LogP contribution in [0.1, 0.15) is 23.5 Å². The molecule has 1 aliphatic rings. The summed E-state index contributed by atoms with van der Waals surface area (Å²) < 4.78 is 22.8. The highest BCUT2D eigenvalue weighted by molar-refractivity contribution is 7.90. The van der Waals surface area contributed by atoms with Crippen molar-refractivity contribution < 1.29 is 8.42 Å². The van der Waals surface area contributed by atoms with Crippen LogP contribution in [-0.4, -0.2) is 27.8 Å². The third kappa shape index (κ3) is 2.28. The lowest BCUT2D eigenvalue weighted by atomic mass is 9.94. The first kappa shape index (κ1) is 11.6. The standard InChI is InChI=1S/C12H17NO2S/c1-9-7-11(16(2,14)15)3-4-12(9)10-5-6-13-8-10/h3-4,7,10,13H,5-6,8H2,1-2H3. The van der Waals surface area contributed by atoms with E-state index in [-0.39, 0.29) is 0 Å². The second kappa shape index (κ2) is 4.18. The van der Waals surface area contributed by atoms with Gasteiger partial charge in [-0.2, -0.15) is 0 Å². The first-order valence-electron chi connectivity index (χ1n) is 5.50. The first-order chi connectivity index (χ1) is 7.48. The lowest BCUT2D eigenvalue weighted by Gasteiger charge is -2.13. The molecule has 0 saturated carbocycles. The molecule has 4 heteroatoms. The van der Waals surface area contributed by atoms with Crippen LogP contribution in [0, 0.1) is 6.92 Å². The molecule has 2 rings (SSSR count). The van der Waals surface area contributed by atoms with Gasteiger partial charge in [0.05, 0.1) is 4.90 Å². The lowest BCUT2D eigenvalue weighted by Crippen LogP contribution is -2.09. The van der Waals surface area contributed by atoms with Crippen molar-refractivity contribution in [2.24, 2.45) is 0 Å². The molecule has 1 heterocycles. The Morgan fingerprint density at radius 1 is 1.38 bits per heavy atom. The molecule has 0 aromatic heterocycles. The van der Waals surface area contributed by atoms with E-state index in [9.17, 15) is 8.42 Å². The molecule has 1 aromatic carbocycles. The normalized spacial score (nSPS) is 21.2. The lowest BCUT2D eigenvalue weighted by molar-refractivity contribution is 0.601. The fraction of sp³-hybridized carbons (Fsp3) is 0.500. The maximum absolute atomic E-state index is 11.4. The highest BCUT2D eigenvalue weighted by Gasteiger charge is 2.19. The van der Waals surface area contributed by atoms with Crippen LogP contribution in [0.2, 0.25) is 0 Å². The first-order valence-corrected chi connectivity index (χ1v) is 7.39. The average Bonchev–Trinajstić information content (AvgIpc) is 2.69. The van der Waals surface area contributed by atoms with Crippen molar-refractivity contribution in [3.8, 4) is 0 Å². The van der Waals surface area contributed by atoms with Gasteiger partial charge in [-0.15, -0.1) is 0 Å². The zero-order valence-electron chi connectivity index (χ0n) is 9.66. The molecule has 0 bridgehead atoms. The topological polar surface area (TPSA) is 46.2 Å². The predicted octanol–water partition coefficient (Wildman–Crippen LogP) is 1.48. The molecule has 1 atom stereocenters. The summed E-state index contributed by atoms with van der Waals surface area (Å²) in [5.41, 5.74) is 2.36. The summed E-state index contributed by atoms with van der Waals surface area (Å²) in [6.45, 7) is 4.04. The summed E-state index contributed by atoms with van der Waals surface area (Å²) in [5.74, 6) is 0.536. The van der Waals surface area contributed by atoms with Crippen LogP contribution in [0.3, 0.4) is 0 Å². The molecule has 0 aliphatic carbocycles. The highest BCUT2D eigenvalue weighted by Crippen LogP contribution is 2.27. The number of hydrogen-bond donors (Lipinski definition) is 1. The Morgan fingerprint density at radius 2 is 2.12 bits per heavy atom. The number of nitrogens with one attached hydrogen (secondary N) is 1. The molecule has 1 saturated heterocycles. The fourth-order valence-corrected chi connectivity index (χ4v) is 2.96. The van der Waals surface area contributed by atoms with Gasteiger partial charge in [-0.05, 0) is 49.1 Å². The van der Waals surface area contributed by atoms with E-state index in [0.717, 1.165) is 25.1 Å². The van der Waals surface area contributed by atoms with Crippen LogP contribution in [0.15, 0.2) is 23.1 Å². The summed E-state index contributed by atoms with van der Waals surface area (Å²) in [5, 5.41) is 3.32. The van der Waals surface area contributed by atoms with Gasteiger partial charge in [0.25, 0.3) is 0 Å². The molecule has 1 aliphatic heterocycles. The van der Waals surface area contributed by atoms with Crippen LogP contribution >= 0.6 is 0 Å². The van der Waals surface area contributed by atoms with Gasteiger partial charge in [0.2, 0.25) is 0 Å². The van der Waals surface area contributed by atoms with Crippen molar-refractivity contribution >= 4 is 9.84 Å². The number of aryl methyl sites for hydroxylation is 1. The zero-order chi connectivity index (χ0) is 11.8.